The summed E-state index contributed by atoms with van der Waals surface area (Å²) in [7, 11) is 0. The van der Waals surface area contributed by atoms with E-state index in [1.807, 2.05) is 24.3 Å². The molecular formula is C17H27N3O2. The van der Waals surface area contributed by atoms with Crippen LogP contribution in [0, 0.1) is 0 Å². The molecule has 1 aromatic rings. The first-order valence-electron chi connectivity index (χ1n) is 8.19. The summed E-state index contributed by atoms with van der Waals surface area (Å²) in [4.78, 5) is 11.8. The van der Waals surface area contributed by atoms with Gasteiger partial charge in [-0.3, -0.25) is 0 Å². The van der Waals surface area contributed by atoms with Gasteiger partial charge in [0.1, 0.15) is 5.75 Å². The number of ether oxygens (including phenoxy) is 1. The van der Waals surface area contributed by atoms with Gasteiger partial charge in [0.15, 0.2) is 0 Å². The minimum atomic E-state index is -0.0995. The van der Waals surface area contributed by atoms with Gasteiger partial charge in [-0.05, 0) is 49.8 Å². The summed E-state index contributed by atoms with van der Waals surface area (Å²) >= 11 is 0. The molecule has 0 spiro atoms. The Kier molecular flexibility index (Phi) is 6.52. The number of benzene rings is 1. The number of rotatable bonds is 7. The fraction of sp³-hybridized carbons (Fsp3) is 0.588. The molecule has 0 heterocycles. The number of nitrogens with two attached hydrogens (primary N) is 1. The highest BCUT2D eigenvalue weighted by Crippen LogP contribution is 2.17. The van der Waals surface area contributed by atoms with Gasteiger partial charge in [-0.15, -0.1) is 0 Å². The van der Waals surface area contributed by atoms with Crippen molar-refractivity contribution in [1.29, 1.82) is 0 Å². The second-order valence-electron chi connectivity index (χ2n) is 5.92. The van der Waals surface area contributed by atoms with Crippen LogP contribution in [-0.2, 0) is 6.42 Å². The molecule has 2 amide bonds. The third kappa shape index (κ3) is 5.56. The normalized spacial score (nSPS) is 20.6. The minimum Gasteiger partial charge on any atom is -0.494 e. The average Bonchev–Trinajstić information content (AvgIpc) is 2.90. The zero-order valence-electron chi connectivity index (χ0n) is 13.3. The van der Waals surface area contributed by atoms with Crippen LogP contribution in [0.25, 0.3) is 0 Å². The van der Waals surface area contributed by atoms with Gasteiger partial charge in [0.25, 0.3) is 0 Å². The molecule has 5 heteroatoms. The Hall–Kier alpha value is -1.75. The molecule has 2 rings (SSSR count). The maximum atomic E-state index is 11.8. The summed E-state index contributed by atoms with van der Waals surface area (Å²) in [5, 5.41) is 5.88. The van der Waals surface area contributed by atoms with E-state index in [4.69, 9.17) is 10.5 Å². The molecule has 22 heavy (non-hydrogen) atoms. The number of nitrogens with one attached hydrogen (secondary N) is 2. The lowest BCUT2D eigenvalue weighted by Crippen LogP contribution is -2.42. The molecule has 1 aromatic carbocycles. The zero-order valence-corrected chi connectivity index (χ0v) is 13.3. The fourth-order valence-electron chi connectivity index (χ4n) is 2.71. The van der Waals surface area contributed by atoms with Crippen LogP contribution >= 0.6 is 0 Å². The van der Waals surface area contributed by atoms with Crippen LogP contribution < -0.4 is 21.1 Å². The third-order valence-corrected chi connectivity index (χ3v) is 3.88. The zero-order chi connectivity index (χ0) is 15.8. The van der Waals surface area contributed by atoms with Crippen molar-refractivity contribution < 1.29 is 9.53 Å². The van der Waals surface area contributed by atoms with Crippen LogP contribution in [0.3, 0.4) is 0 Å². The Morgan fingerprint density at radius 2 is 2.27 bits per heavy atom. The second-order valence-corrected chi connectivity index (χ2v) is 5.92. The Bertz CT molecular complexity index is 479. The van der Waals surface area contributed by atoms with E-state index in [9.17, 15) is 4.79 Å². The van der Waals surface area contributed by atoms with Gasteiger partial charge in [-0.25, -0.2) is 4.79 Å². The molecule has 0 aromatic heterocycles. The van der Waals surface area contributed by atoms with Crippen molar-refractivity contribution in [2.24, 2.45) is 5.73 Å². The summed E-state index contributed by atoms with van der Waals surface area (Å²) in [6.45, 7) is 3.43. The molecule has 0 saturated heterocycles. The fourth-order valence-corrected chi connectivity index (χ4v) is 2.71. The van der Waals surface area contributed by atoms with Crippen molar-refractivity contribution >= 4 is 6.03 Å². The van der Waals surface area contributed by atoms with Gasteiger partial charge in [0.05, 0.1) is 6.61 Å². The number of amides is 2. The average molecular weight is 305 g/mol. The number of hydrogen-bond acceptors (Lipinski definition) is 3. The quantitative estimate of drug-likeness (QED) is 0.723. The smallest absolute Gasteiger partial charge is 0.315 e. The van der Waals surface area contributed by atoms with Crippen LogP contribution in [0.5, 0.6) is 5.75 Å². The largest absolute Gasteiger partial charge is 0.494 e. The molecule has 122 valence electrons. The Labute approximate surface area is 132 Å². The molecule has 0 radical (unpaired) electrons. The van der Waals surface area contributed by atoms with E-state index in [1.54, 1.807) is 0 Å². The molecule has 4 N–H and O–H groups in total. The number of carbonyl (C=O) groups is 1. The molecule has 1 aliphatic carbocycles. The van der Waals surface area contributed by atoms with Gasteiger partial charge in [-0.1, -0.05) is 19.1 Å². The molecule has 0 bridgehead atoms. The van der Waals surface area contributed by atoms with Crippen molar-refractivity contribution in [2.75, 3.05) is 13.2 Å². The summed E-state index contributed by atoms with van der Waals surface area (Å²) < 4.78 is 5.61. The minimum absolute atomic E-state index is 0.0995. The van der Waals surface area contributed by atoms with E-state index < -0.39 is 0 Å². The first kappa shape index (κ1) is 16.6. The molecular weight excluding hydrogens is 278 g/mol. The number of carbonyl (C=O) groups excluding carboxylic acids is 1. The van der Waals surface area contributed by atoms with Gasteiger partial charge < -0.3 is 21.1 Å². The molecule has 1 fully saturated rings. The first-order chi connectivity index (χ1) is 10.7. The van der Waals surface area contributed by atoms with Gasteiger partial charge in [-0.2, -0.15) is 0 Å². The van der Waals surface area contributed by atoms with Crippen molar-refractivity contribution in [3.63, 3.8) is 0 Å². The van der Waals surface area contributed by atoms with Crippen molar-refractivity contribution in [3.8, 4) is 5.75 Å². The van der Waals surface area contributed by atoms with E-state index in [-0.39, 0.29) is 18.1 Å². The van der Waals surface area contributed by atoms with Crippen LogP contribution in [-0.4, -0.2) is 31.3 Å². The van der Waals surface area contributed by atoms with E-state index in [2.05, 4.69) is 17.6 Å². The van der Waals surface area contributed by atoms with Crippen molar-refractivity contribution in [1.82, 2.24) is 10.6 Å². The van der Waals surface area contributed by atoms with Crippen LogP contribution in [0.4, 0.5) is 4.79 Å². The predicted octanol–water partition coefficient (Wildman–Crippen LogP) is 2.20. The molecule has 2 atom stereocenters. The second kappa shape index (κ2) is 8.63. The van der Waals surface area contributed by atoms with Crippen LogP contribution in [0.15, 0.2) is 24.3 Å². The molecule has 1 saturated carbocycles. The lowest BCUT2D eigenvalue weighted by molar-refractivity contribution is 0.237. The number of urea groups is 1. The predicted molar refractivity (Wildman–Crippen MR) is 88.1 cm³/mol. The highest BCUT2D eigenvalue weighted by atomic mass is 16.5. The first-order valence-corrected chi connectivity index (χ1v) is 8.19. The topological polar surface area (TPSA) is 76.4 Å². The van der Waals surface area contributed by atoms with Gasteiger partial charge in [0.2, 0.25) is 0 Å². The third-order valence-electron chi connectivity index (χ3n) is 3.88. The maximum Gasteiger partial charge on any atom is 0.315 e. The lowest BCUT2D eigenvalue weighted by atomic mass is 10.1. The highest BCUT2D eigenvalue weighted by molar-refractivity contribution is 5.74. The van der Waals surface area contributed by atoms with E-state index in [0.29, 0.717) is 6.54 Å². The standard InChI is InChI=1S/C17H27N3O2/c1-2-10-22-16-5-3-4-13(11-16)8-9-19-17(21)20-15-7-6-14(18)12-15/h3-5,11,14-15H,2,6-10,12,18H2,1H3,(H2,19,20,21)/t14-,15-/m1/s1. The summed E-state index contributed by atoms with van der Waals surface area (Å²) in [5.41, 5.74) is 7.01. The summed E-state index contributed by atoms with van der Waals surface area (Å²) in [6, 6.07) is 8.39. The Morgan fingerprint density at radius 1 is 1.41 bits per heavy atom. The SMILES string of the molecule is CCCOc1cccc(CCNC(=O)N[C@@H]2CC[C@@H](N)C2)c1. The van der Waals surface area contributed by atoms with Crippen molar-refractivity contribution in [2.45, 2.75) is 51.1 Å². The molecule has 0 unspecified atom stereocenters. The van der Waals surface area contributed by atoms with Crippen LogP contribution in [0.1, 0.15) is 38.2 Å². The van der Waals surface area contributed by atoms with Crippen LogP contribution in [0.2, 0.25) is 0 Å². The number of hydrogen-bond donors (Lipinski definition) is 3. The molecule has 5 nitrogen and oxygen atoms in total. The maximum absolute atomic E-state index is 11.8. The lowest BCUT2D eigenvalue weighted by Gasteiger charge is -2.13. The Morgan fingerprint density at radius 3 is 3.00 bits per heavy atom. The van der Waals surface area contributed by atoms with E-state index in [0.717, 1.165) is 50.0 Å². The van der Waals surface area contributed by atoms with Gasteiger partial charge >= 0.3 is 6.03 Å². The van der Waals surface area contributed by atoms with Gasteiger partial charge in [0, 0.05) is 18.6 Å². The highest BCUT2D eigenvalue weighted by Gasteiger charge is 2.22. The van der Waals surface area contributed by atoms with Crippen molar-refractivity contribution in [3.05, 3.63) is 29.8 Å². The van der Waals surface area contributed by atoms with E-state index >= 15 is 0 Å². The summed E-state index contributed by atoms with van der Waals surface area (Å²) in [6.07, 6.45) is 4.64. The monoisotopic (exact) mass is 305 g/mol. The molecule has 0 aliphatic heterocycles. The Balaban J connectivity index is 1.68. The van der Waals surface area contributed by atoms with E-state index in [1.165, 1.54) is 0 Å². The molecule has 1 aliphatic rings. The summed E-state index contributed by atoms with van der Waals surface area (Å²) in [5.74, 6) is 0.892.